The first-order valence-electron chi connectivity index (χ1n) is 8.45. The van der Waals surface area contributed by atoms with Crippen LogP contribution in [-0.4, -0.2) is 33.1 Å². The summed E-state index contributed by atoms with van der Waals surface area (Å²) in [5.74, 6) is 0.924. The second-order valence-corrected chi connectivity index (χ2v) is 5.73. The fraction of sp³-hybridized carbons (Fsp3) is 0.316. The van der Waals surface area contributed by atoms with E-state index in [1.54, 1.807) is 20.3 Å². The molecule has 0 bridgehead atoms. The molecular weight excluding hydrogens is 375 g/mol. The lowest BCUT2D eigenvalue weighted by Crippen LogP contribution is -2.24. The molecular formula is C19H22F3N3O3. The highest BCUT2D eigenvalue weighted by Crippen LogP contribution is 2.30. The lowest BCUT2D eigenvalue weighted by molar-refractivity contribution is -0.274. The van der Waals surface area contributed by atoms with Gasteiger partial charge in [-0.2, -0.15) is 0 Å². The smallest absolute Gasteiger partial charge is 0.493 e. The molecule has 2 aromatic carbocycles. The largest absolute Gasteiger partial charge is 0.573 e. The van der Waals surface area contributed by atoms with Gasteiger partial charge in [-0.05, 0) is 42.7 Å². The van der Waals surface area contributed by atoms with Crippen molar-refractivity contribution in [3.63, 3.8) is 0 Å². The first-order chi connectivity index (χ1) is 13.3. The minimum atomic E-state index is -4.79. The number of nitrogens with one attached hydrogen (secondary N) is 1. The average Bonchev–Trinajstić information content (AvgIpc) is 2.65. The van der Waals surface area contributed by atoms with E-state index in [1.165, 1.54) is 18.2 Å². The molecule has 0 saturated heterocycles. The molecule has 0 aliphatic rings. The molecule has 0 aromatic heterocycles. The van der Waals surface area contributed by atoms with Crippen LogP contribution >= 0.6 is 0 Å². The highest BCUT2D eigenvalue weighted by molar-refractivity contribution is 5.93. The number of hydrogen-bond donors (Lipinski definition) is 2. The molecule has 0 unspecified atom stereocenters. The molecule has 0 saturated carbocycles. The maximum atomic E-state index is 12.4. The summed E-state index contributed by atoms with van der Waals surface area (Å²) in [4.78, 5) is 4.14. The fourth-order valence-electron chi connectivity index (χ4n) is 2.48. The second kappa shape index (κ2) is 9.72. The number of benzene rings is 2. The van der Waals surface area contributed by atoms with Crippen LogP contribution in [0, 0.1) is 0 Å². The predicted octanol–water partition coefficient (Wildman–Crippen LogP) is 3.96. The molecule has 6 nitrogen and oxygen atoms in total. The summed E-state index contributed by atoms with van der Waals surface area (Å²) in [6.07, 6.45) is -3.37. The van der Waals surface area contributed by atoms with Crippen LogP contribution in [0.25, 0.3) is 0 Å². The van der Waals surface area contributed by atoms with E-state index in [4.69, 9.17) is 15.2 Å². The van der Waals surface area contributed by atoms with E-state index in [1.807, 2.05) is 18.2 Å². The first-order valence-corrected chi connectivity index (χ1v) is 8.45. The van der Waals surface area contributed by atoms with Gasteiger partial charge in [0.05, 0.1) is 19.9 Å². The van der Waals surface area contributed by atoms with E-state index in [0.717, 1.165) is 12.0 Å². The van der Waals surface area contributed by atoms with Crippen molar-refractivity contribution in [3.8, 4) is 17.2 Å². The third-order valence-electron chi connectivity index (χ3n) is 3.73. The van der Waals surface area contributed by atoms with Crippen LogP contribution in [0.5, 0.6) is 17.2 Å². The topological polar surface area (TPSA) is 78.1 Å². The third kappa shape index (κ3) is 6.57. The van der Waals surface area contributed by atoms with Crippen molar-refractivity contribution < 1.29 is 27.4 Å². The van der Waals surface area contributed by atoms with Gasteiger partial charge >= 0.3 is 6.36 Å². The van der Waals surface area contributed by atoms with Crippen molar-refractivity contribution in [2.45, 2.75) is 19.2 Å². The highest BCUT2D eigenvalue weighted by atomic mass is 19.4. The van der Waals surface area contributed by atoms with Crippen molar-refractivity contribution in [1.82, 2.24) is 0 Å². The van der Waals surface area contributed by atoms with Crippen LogP contribution < -0.4 is 25.3 Å². The molecule has 0 fully saturated rings. The Balaban J connectivity index is 1.90. The Morgan fingerprint density at radius 2 is 1.75 bits per heavy atom. The van der Waals surface area contributed by atoms with E-state index in [2.05, 4.69) is 15.0 Å². The Morgan fingerprint density at radius 1 is 1.04 bits per heavy atom. The Kier molecular flexibility index (Phi) is 7.36. The number of hydrogen-bond acceptors (Lipinski definition) is 4. The number of alkyl halides is 3. The van der Waals surface area contributed by atoms with Gasteiger partial charge in [-0.25, -0.2) is 0 Å². The molecule has 9 heteroatoms. The maximum Gasteiger partial charge on any atom is 0.573 e. The molecule has 0 amide bonds. The first kappa shape index (κ1) is 21.2. The molecule has 0 spiro atoms. The zero-order chi connectivity index (χ0) is 20.6. The molecule has 2 aromatic rings. The van der Waals surface area contributed by atoms with E-state index in [0.29, 0.717) is 24.5 Å². The average molecular weight is 397 g/mol. The summed E-state index contributed by atoms with van der Waals surface area (Å²) in [5.41, 5.74) is 6.90. The number of halogens is 3. The number of guanidine groups is 1. The zero-order valence-electron chi connectivity index (χ0n) is 15.5. The normalized spacial score (nSPS) is 11.8. The molecule has 0 atom stereocenters. The number of methoxy groups -OCH3 is 2. The van der Waals surface area contributed by atoms with E-state index in [9.17, 15) is 13.2 Å². The van der Waals surface area contributed by atoms with Crippen LogP contribution in [0.1, 0.15) is 12.0 Å². The molecule has 3 N–H and O–H groups in total. The molecule has 0 aliphatic heterocycles. The van der Waals surface area contributed by atoms with Gasteiger partial charge < -0.3 is 25.3 Å². The van der Waals surface area contributed by atoms with Gasteiger partial charge in [0.15, 0.2) is 23.2 Å². The van der Waals surface area contributed by atoms with Crippen LogP contribution in [0.4, 0.5) is 18.9 Å². The Hall–Kier alpha value is -3.10. The number of anilines is 1. The van der Waals surface area contributed by atoms with Crippen molar-refractivity contribution in [2.24, 2.45) is 10.7 Å². The predicted molar refractivity (Wildman–Crippen MR) is 101 cm³/mol. The minimum Gasteiger partial charge on any atom is -0.493 e. The number of aliphatic imine (C=N–C) groups is 1. The van der Waals surface area contributed by atoms with Gasteiger partial charge in [-0.15, -0.1) is 13.2 Å². The number of aryl methyl sites for hydroxylation is 1. The van der Waals surface area contributed by atoms with Crippen LogP contribution in [-0.2, 0) is 6.42 Å². The minimum absolute atomic E-state index is 0.00513. The SMILES string of the molecule is COc1ccc(CCCN=C(N)Nc2ccccc2OC(F)(F)F)cc1OC. The molecule has 0 aliphatic carbocycles. The van der Waals surface area contributed by atoms with Crippen LogP contribution in [0.3, 0.4) is 0 Å². The van der Waals surface area contributed by atoms with Crippen molar-refractivity contribution in [2.75, 3.05) is 26.1 Å². The van der Waals surface area contributed by atoms with Gasteiger partial charge in [0.1, 0.15) is 0 Å². The monoisotopic (exact) mass is 397 g/mol. The lowest BCUT2D eigenvalue weighted by atomic mass is 10.1. The number of para-hydroxylation sites is 2. The molecule has 2 rings (SSSR count). The van der Waals surface area contributed by atoms with Gasteiger partial charge in [-0.3, -0.25) is 4.99 Å². The van der Waals surface area contributed by atoms with Gasteiger partial charge in [-0.1, -0.05) is 18.2 Å². The fourth-order valence-corrected chi connectivity index (χ4v) is 2.48. The summed E-state index contributed by atoms with van der Waals surface area (Å²) < 4.78 is 51.7. The summed E-state index contributed by atoms with van der Waals surface area (Å²) in [6.45, 7) is 0.398. The zero-order valence-corrected chi connectivity index (χ0v) is 15.5. The standard InChI is InChI=1S/C19H22F3N3O3/c1-26-16-10-9-13(12-17(16)27-2)6-5-11-24-18(23)25-14-7-3-4-8-15(14)28-19(20,21)22/h3-4,7-10,12H,5-6,11H2,1-2H3,(H3,23,24,25). The van der Waals surface area contributed by atoms with Gasteiger partial charge in [0.2, 0.25) is 0 Å². The molecule has 28 heavy (non-hydrogen) atoms. The van der Waals surface area contributed by atoms with E-state index < -0.39 is 6.36 Å². The highest BCUT2D eigenvalue weighted by Gasteiger charge is 2.32. The van der Waals surface area contributed by atoms with Crippen LogP contribution in [0.15, 0.2) is 47.5 Å². The second-order valence-electron chi connectivity index (χ2n) is 5.73. The maximum absolute atomic E-state index is 12.4. The number of rotatable bonds is 8. The summed E-state index contributed by atoms with van der Waals surface area (Å²) in [7, 11) is 3.14. The Labute approximate surface area is 161 Å². The van der Waals surface area contributed by atoms with Gasteiger partial charge in [0, 0.05) is 6.54 Å². The molecule has 0 radical (unpaired) electrons. The molecule has 152 valence electrons. The molecule has 0 heterocycles. The van der Waals surface area contributed by atoms with Crippen LogP contribution in [0.2, 0.25) is 0 Å². The number of ether oxygens (including phenoxy) is 3. The quantitative estimate of drug-likeness (QED) is 0.401. The van der Waals surface area contributed by atoms with Gasteiger partial charge in [0.25, 0.3) is 0 Å². The van der Waals surface area contributed by atoms with Crippen molar-refractivity contribution in [3.05, 3.63) is 48.0 Å². The summed E-state index contributed by atoms with van der Waals surface area (Å²) >= 11 is 0. The van der Waals surface area contributed by atoms with Crippen molar-refractivity contribution in [1.29, 1.82) is 0 Å². The Bertz CT molecular complexity index is 810. The van der Waals surface area contributed by atoms with E-state index in [-0.39, 0.29) is 17.4 Å². The summed E-state index contributed by atoms with van der Waals surface area (Å²) in [6, 6.07) is 11.3. The third-order valence-corrected chi connectivity index (χ3v) is 3.73. The lowest BCUT2D eigenvalue weighted by Gasteiger charge is -2.14. The Morgan fingerprint density at radius 3 is 2.43 bits per heavy atom. The van der Waals surface area contributed by atoms with Crippen molar-refractivity contribution >= 4 is 11.6 Å². The van der Waals surface area contributed by atoms with E-state index >= 15 is 0 Å². The number of nitrogens with two attached hydrogens (primary N) is 1. The number of nitrogens with zero attached hydrogens (tertiary/aromatic N) is 1. The summed E-state index contributed by atoms with van der Waals surface area (Å²) in [5, 5.41) is 2.63.